The minimum absolute atomic E-state index is 0.0950. The maximum absolute atomic E-state index is 12.6. The van der Waals surface area contributed by atoms with E-state index in [0.717, 1.165) is 29.7 Å². The third-order valence-corrected chi connectivity index (χ3v) is 5.71. The van der Waals surface area contributed by atoms with E-state index in [2.05, 4.69) is 17.1 Å². The zero-order valence-corrected chi connectivity index (χ0v) is 19.2. The largest absolute Gasteiger partial charge is 0.494 e. The van der Waals surface area contributed by atoms with Gasteiger partial charge in [-0.15, -0.1) is 0 Å². The van der Waals surface area contributed by atoms with Crippen LogP contribution in [0.2, 0.25) is 0 Å². The van der Waals surface area contributed by atoms with E-state index in [9.17, 15) is 4.79 Å². The SMILES string of the molecule is CCCOc1ccc(-c2noc(C3CC(=O)N(CCc4ccc(OC)c(OC)c4)C3)n2)cc1. The number of rotatable bonds is 10. The van der Waals surface area contributed by atoms with Gasteiger partial charge in [-0.05, 0) is 54.8 Å². The predicted molar refractivity (Wildman–Crippen MR) is 123 cm³/mol. The first-order valence-electron chi connectivity index (χ1n) is 11.2. The number of methoxy groups -OCH3 is 2. The molecule has 0 aliphatic carbocycles. The molecule has 1 amide bonds. The highest BCUT2D eigenvalue weighted by molar-refractivity contribution is 5.79. The van der Waals surface area contributed by atoms with Gasteiger partial charge in [-0.2, -0.15) is 4.98 Å². The average molecular weight is 452 g/mol. The van der Waals surface area contributed by atoms with Crippen LogP contribution < -0.4 is 14.2 Å². The quantitative estimate of drug-likeness (QED) is 0.459. The fourth-order valence-corrected chi connectivity index (χ4v) is 3.89. The zero-order chi connectivity index (χ0) is 23.2. The van der Waals surface area contributed by atoms with Crippen LogP contribution in [0, 0.1) is 0 Å². The molecule has 1 atom stereocenters. The average Bonchev–Trinajstić information content (AvgIpc) is 3.48. The molecule has 1 aliphatic heterocycles. The molecule has 0 spiro atoms. The summed E-state index contributed by atoms with van der Waals surface area (Å²) in [5.41, 5.74) is 1.93. The Morgan fingerprint density at radius 1 is 1.09 bits per heavy atom. The van der Waals surface area contributed by atoms with E-state index in [4.69, 9.17) is 18.7 Å². The van der Waals surface area contributed by atoms with Gasteiger partial charge in [-0.3, -0.25) is 4.79 Å². The van der Waals surface area contributed by atoms with Crippen LogP contribution in [0.15, 0.2) is 47.0 Å². The highest BCUT2D eigenvalue weighted by Gasteiger charge is 2.34. The Balaban J connectivity index is 1.36. The van der Waals surface area contributed by atoms with Gasteiger partial charge in [-0.1, -0.05) is 18.1 Å². The smallest absolute Gasteiger partial charge is 0.232 e. The molecule has 174 valence electrons. The summed E-state index contributed by atoms with van der Waals surface area (Å²) in [6.07, 6.45) is 2.05. The summed E-state index contributed by atoms with van der Waals surface area (Å²) in [5.74, 6) is 3.20. The second-order valence-corrected chi connectivity index (χ2v) is 8.01. The van der Waals surface area contributed by atoms with Gasteiger partial charge in [0.15, 0.2) is 11.5 Å². The minimum atomic E-state index is -0.101. The molecule has 3 aromatic rings. The normalized spacial score (nSPS) is 15.7. The number of ether oxygens (including phenoxy) is 3. The number of amides is 1. The second kappa shape index (κ2) is 10.4. The lowest BCUT2D eigenvalue weighted by Crippen LogP contribution is -2.27. The van der Waals surface area contributed by atoms with Crippen molar-refractivity contribution in [2.24, 2.45) is 0 Å². The first kappa shape index (κ1) is 22.6. The number of hydrogen-bond acceptors (Lipinski definition) is 7. The van der Waals surface area contributed by atoms with E-state index in [-0.39, 0.29) is 11.8 Å². The number of aromatic nitrogens is 2. The summed E-state index contributed by atoms with van der Waals surface area (Å²) in [5, 5.41) is 4.12. The van der Waals surface area contributed by atoms with E-state index >= 15 is 0 Å². The number of carbonyl (C=O) groups is 1. The van der Waals surface area contributed by atoms with Crippen LogP contribution in [-0.4, -0.2) is 54.9 Å². The Kier molecular flexibility index (Phi) is 7.12. The summed E-state index contributed by atoms with van der Waals surface area (Å²) in [6, 6.07) is 13.4. The number of benzene rings is 2. The van der Waals surface area contributed by atoms with Gasteiger partial charge in [0.05, 0.1) is 26.7 Å². The van der Waals surface area contributed by atoms with Crippen LogP contribution in [0.3, 0.4) is 0 Å². The molecule has 0 radical (unpaired) electrons. The molecular formula is C25H29N3O5. The number of carbonyl (C=O) groups excluding carboxylic acids is 1. The first-order valence-corrected chi connectivity index (χ1v) is 11.2. The summed E-state index contributed by atoms with van der Waals surface area (Å²) >= 11 is 0. The maximum atomic E-state index is 12.6. The summed E-state index contributed by atoms with van der Waals surface area (Å²) in [6.45, 7) is 3.94. The number of nitrogens with zero attached hydrogens (tertiary/aromatic N) is 3. The highest BCUT2D eigenvalue weighted by Crippen LogP contribution is 2.31. The van der Waals surface area contributed by atoms with Crippen molar-refractivity contribution in [3.8, 4) is 28.6 Å². The fourth-order valence-electron chi connectivity index (χ4n) is 3.89. The molecule has 4 rings (SSSR count). The van der Waals surface area contributed by atoms with Gasteiger partial charge in [0.2, 0.25) is 17.6 Å². The molecule has 2 heterocycles. The van der Waals surface area contributed by atoms with Crippen molar-refractivity contribution in [1.29, 1.82) is 0 Å². The van der Waals surface area contributed by atoms with Gasteiger partial charge in [0.25, 0.3) is 0 Å². The van der Waals surface area contributed by atoms with Gasteiger partial charge in [0, 0.05) is 25.1 Å². The lowest BCUT2D eigenvalue weighted by atomic mass is 10.1. The Morgan fingerprint density at radius 3 is 2.61 bits per heavy atom. The highest BCUT2D eigenvalue weighted by atomic mass is 16.5. The molecule has 1 unspecified atom stereocenters. The number of likely N-dealkylation sites (tertiary alicyclic amines) is 1. The van der Waals surface area contributed by atoms with Crippen molar-refractivity contribution in [2.75, 3.05) is 33.9 Å². The molecule has 0 bridgehead atoms. The van der Waals surface area contributed by atoms with Crippen molar-refractivity contribution in [1.82, 2.24) is 15.0 Å². The zero-order valence-electron chi connectivity index (χ0n) is 19.2. The molecule has 1 saturated heterocycles. The molecule has 8 heteroatoms. The molecule has 0 saturated carbocycles. The van der Waals surface area contributed by atoms with Crippen molar-refractivity contribution in [3.05, 3.63) is 53.9 Å². The second-order valence-electron chi connectivity index (χ2n) is 8.01. The fraction of sp³-hybridized carbons (Fsp3) is 0.400. The Bertz CT molecular complexity index is 1080. The monoisotopic (exact) mass is 451 g/mol. The Labute approximate surface area is 193 Å². The van der Waals surface area contributed by atoms with Crippen molar-refractivity contribution >= 4 is 5.91 Å². The molecule has 33 heavy (non-hydrogen) atoms. The van der Waals surface area contributed by atoms with Crippen molar-refractivity contribution in [2.45, 2.75) is 32.1 Å². The molecular weight excluding hydrogens is 422 g/mol. The molecule has 1 aliphatic rings. The summed E-state index contributed by atoms with van der Waals surface area (Å²) in [4.78, 5) is 19.0. The standard InChI is InChI=1S/C25H29N3O5/c1-4-13-32-20-8-6-18(7-9-20)24-26-25(33-27-24)19-15-23(29)28(16-19)12-11-17-5-10-21(30-2)22(14-17)31-3/h5-10,14,19H,4,11-13,15-16H2,1-3H3. The van der Waals surface area contributed by atoms with Gasteiger partial charge in [0.1, 0.15) is 5.75 Å². The van der Waals surface area contributed by atoms with Crippen LogP contribution in [0.25, 0.3) is 11.4 Å². The van der Waals surface area contributed by atoms with Crippen molar-refractivity contribution < 1.29 is 23.5 Å². The molecule has 2 aromatic carbocycles. The van der Waals surface area contributed by atoms with Crippen LogP contribution in [-0.2, 0) is 11.2 Å². The van der Waals surface area contributed by atoms with E-state index in [1.807, 2.05) is 47.4 Å². The summed E-state index contributed by atoms with van der Waals surface area (Å²) < 4.78 is 21.8. The van der Waals surface area contributed by atoms with E-state index in [1.165, 1.54) is 0 Å². The van der Waals surface area contributed by atoms with Crippen LogP contribution >= 0.6 is 0 Å². The molecule has 8 nitrogen and oxygen atoms in total. The third kappa shape index (κ3) is 5.27. The minimum Gasteiger partial charge on any atom is -0.494 e. The first-order chi connectivity index (χ1) is 16.1. The predicted octanol–water partition coefficient (Wildman–Crippen LogP) is 4.10. The van der Waals surface area contributed by atoms with E-state index in [0.29, 0.717) is 49.3 Å². The van der Waals surface area contributed by atoms with Crippen molar-refractivity contribution in [3.63, 3.8) is 0 Å². The van der Waals surface area contributed by atoms with Gasteiger partial charge < -0.3 is 23.6 Å². The Morgan fingerprint density at radius 2 is 1.88 bits per heavy atom. The van der Waals surface area contributed by atoms with Crippen LogP contribution in [0.1, 0.15) is 37.1 Å². The lowest BCUT2D eigenvalue weighted by molar-refractivity contribution is -0.127. The van der Waals surface area contributed by atoms with E-state index < -0.39 is 0 Å². The topological polar surface area (TPSA) is 86.9 Å². The van der Waals surface area contributed by atoms with Gasteiger partial charge >= 0.3 is 0 Å². The molecule has 1 fully saturated rings. The molecule has 0 N–H and O–H groups in total. The number of hydrogen-bond donors (Lipinski definition) is 0. The van der Waals surface area contributed by atoms with Gasteiger partial charge in [-0.25, -0.2) is 0 Å². The van der Waals surface area contributed by atoms with Crippen LogP contribution in [0.4, 0.5) is 0 Å². The lowest BCUT2D eigenvalue weighted by Gasteiger charge is -2.16. The maximum Gasteiger partial charge on any atom is 0.232 e. The third-order valence-electron chi connectivity index (χ3n) is 5.71. The Hall–Kier alpha value is -3.55. The van der Waals surface area contributed by atoms with Crippen LogP contribution in [0.5, 0.6) is 17.2 Å². The van der Waals surface area contributed by atoms with E-state index in [1.54, 1.807) is 14.2 Å². The molecule has 1 aromatic heterocycles. The summed E-state index contributed by atoms with van der Waals surface area (Å²) in [7, 11) is 3.23.